The largest absolute Gasteiger partial charge is 0.484 e. The van der Waals surface area contributed by atoms with Crippen molar-refractivity contribution >= 4 is 0 Å². The molecule has 0 spiro atoms. The van der Waals surface area contributed by atoms with Crippen LogP contribution in [0.5, 0.6) is 5.75 Å². The number of ether oxygens (including phenoxy) is 1. The third-order valence-electron chi connectivity index (χ3n) is 3.98. The monoisotopic (exact) mass is 301 g/mol. The number of halogens is 1. The predicted octanol–water partition coefficient (Wildman–Crippen LogP) is 1.61. The van der Waals surface area contributed by atoms with Gasteiger partial charge in [-0.1, -0.05) is 6.07 Å². The van der Waals surface area contributed by atoms with E-state index in [0.717, 1.165) is 18.7 Å². The Labute approximate surface area is 127 Å². The fraction of sp³-hybridized carbons (Fsp3) is 0.400. The lowest BCUT2D eigenvalue weighted by molar-refractivity contribution is 0.286. The Morgan fingerprint density at radius 1 is 1.45 bits per heavy atom. The number of aromatic nitrogens is 3. The highest BCUT2D eigenvalue weighted by molar-refractivity contribution is 5.43. The van der Waals surface area contributed by atoms with Crippen molar-refractivity contribution in [2.75, 3.05) is 0 Å². The molecule has 0 aliphatic heterocycles. The van der Waals surface area contributed by atoms with Crippen molar-refractivity contribution in [3.8, 4) is 11.8 Å². The zero-order valence-electron chi connectivity index (χ0n) is 12.2. The molecule has 0 radical (unpaired) electrons. The van der Waals surface area contributed by atoms with Crippen LogP contribution in [0.15, 0.2) is 18.2 Å². The standard InChI is InChI=1S/C15H16FN5O/c1-21-14(19-20-15(21)9-5-10(18)6-9)8-22-13-4-2-3-12(16)11(13)7-17/h2-4,9-10H,5-6,8,18H2,1H3. The molecular formula is C15H16FN5O. The lowest BCUT2D eigenvalue weighted by atomic mass is 9.80. The molecule has 1 saturated carbocycles. The van der Waals surface area contributed by atoms with E-state index in [1.54, 1.807) is 12.1 Å². The Morgan fingerprint density at radius 3 is 2.91 bits per heavy atom. The van der Waals surface area contributed by atoms with Crippen molar-refractivity contribution in [1.82, 2.24) is 14.8 Å². The summed E-state index contributed by atoms with van der Waals surface area (Å²) in [5, 5.41) is 17.3. The molecule has 6 nitrogen and oxygen atoms in total. The first-order chi connectivity index (χ1) is 10.6. The SMILES string of the molecule is Cn1c(COc2cccc(F)c2C#N)nnc1C1CC(N)C1. The third-order valence-corrected chi connectivity index (χ3v) is 3.98. The number of nitrogens with zero attached hydrogens (tertiary/aromatic N) is 4. The fourth-order valence-electron chi connectivity index (χ4n) is 2.60. The molecule has 1 aliphatic carbocycles. The summed E-state index contributed by atoms with van der Waals surface area (Å²) in [6.07, 6.45) is 1.82. The van der Waals surface area contributed by atoms with Crippen molar-refractivity contribution in [1.29, 1.82) is 5.26 Å². The van der Waals surface area contributed by atoms with Gasteiger partial charge < -0.3 is 15.0 Å². The number of nitriles is 1. The molecule has 7 heteroatoms. The predicted molar refractivity (Wildman–Crippen MR) is 76.4 cm³/mol. The van der Waals surface area contributed by atoms with Crippen LogP contribution in [-0.2, 0) is 13.7 Å². The lowest BCUT2D eigenvalue weighted by Crippen LogP contribution is -2.36. The smallest absolute Gasteiger partial charge is 0.170 e. The van der Waals surface area contributed by atoms with Gasteiger partial charge in [0.2, 0.25) is 0 Å². The zero-order valence-corrected chi connectivity index (χ0v) is 12.2. The first-order valence-corrected chi connectivity index (χ1v) is 7.05. The van der Waals surface area contributed by atoms with E-state index in [1.165, 1.54) is 12.1 Å². The van der Waals surface area contributed by atoms with E-state index in [4.69, 9.17) is 15.7 Å². The highest BCUT2D eigenvalue weighted by Gasteiger charge is 2.31. The molecule has 22 heavy (non-hydrogen) atoms. The third kappa shape index (κ3) is 2.53. The first kappa shape index (κ1) is 14.5. The molecule has 1 aromatic carbocycles. The maximum Gasteiger partial charge on any atom is 0.170 e. The van der Waals surface area contributed by atoms with Crippen LogP contribution in [0.4, 0.5) is 4.39 Å². The van der Waals surface area contributed by atoms with Crippen LogP contribution < -0.4 is 10.5 Å². The van der Waals surface area contributed by atoms with Crippen LogP contribution in [0.1, 0.15) is 36.0 Å². The van der Waals surface area contributed by atoms with Gasteiger partial charge in [-0.05, 0) is 25.0 Å². The van der Waals surface area contributed by atoms with E-state index < -0.39 is 5.82 Å². The Hall–Kier alpha value is -2.46. The minimum atomic E-state index is -0.595. The Morgan fingerprint density at radius 2 is 2.23 bits per heavy atom. The second kappa shape index (κ2) is 5.73. The highest BCUT2D eigenvalue weighted by atomic mass is 19.1. The minimum Gasteiger partial charge on any atom is -0.484 e. The van der Waals surface area contributed by atoms with E-state index >= 15 is 0 Å². The van der Waals surface area contributed by atoms with Crippen molar-refractivity contribution in [2.45, 2.75) is 31.4 Å². The molecular weight excluding hydrogens is 285 g/mol. The normalized spacial score (nSPS) is 20.3. The molecule has 114 valence electrons. The molecule has 2 N–H and O–H groups in total. The van der Waals surface area contributed by atoms with Gasteiger partial charge in [-0.25, -0.2) is 4.39 Å². The maximum absolute atomic E-state index is 13.5. The second-order valence-corrected chi connectivity index (χ2v) is 5.48. The van der Waals surface area contributed by atoms with Crippen molar-refractivity contribution in [3.63, 3.8) is 0 Å². The van der Waals surface area contributed by atoms with Crippen molar-refractivity contribution in [2.24, 2.45) is 12.8 Å². The van der Waals surface area contributed by atoms with Crippen molar-refractivity contribution in [3.05, 3.63) is 41.2 Å². The highest BCUT2D eigenvalue weighted by Crippen LogP contribution is 2.34. The fourth-order valence-corrected chi connectivity index (χ4v) is 2.60. The van der Waals surface area contributed by atoms with Crippen LogP contribution in [0, 0.1) is 17.1 Å². The van der Waals surface area contributed by atoms with Crippen LogP contribution in [0.2, 0.25) is 0 Å². The van der Waals surface area contributed by atoms with E-state index in [1.807, 2.05) is 11.6 Å². The summed E-state index contributed by atoms with van der Waals surface area (Å²) in [4.78, 5) is 0. The summed E-state index contributed by atoms with van der Waals surface area (Å²) in [6.45, 7) is 0.125. The van der Waals surface area contributed by atoms with Crippen LogP contribution in [0.25, 0.3) is 0 Å². The number of benzene rings is 1. The summed E-state index contributed by atoms with van der Waals surface area (Å²) >= 11 is 0. The lowest BCUT2D eigenvalue weighted by Gasteiger charge is -2.31. The Kier molecular flexibility index (Phi) is 3.77. The van der Waals surface area contributed by atoms with Gasteiger partial charge in [0.25, 0.3) is 0 Å². The second-order valence-electron chi connectivity index (χ2n) is 5.48. The number of rotatable bonds is 4. The minimum absolute atomic E-state index is 0.102. The summed E-state index contributed by atoms with van der Waals surface area (Å²) < 4.78 is 20.9. The van der Waals surface area contributed by atoms with Crippen LogP contribution in [0.3, 0.4) is 0 Å². The number of nitrogens with two attached hydrogens (primary N) is 1. The van der Waals surface area contributed by atoms with Gasteiger partial charge in [-0.3, -0.25) is 0 Å². The van der Waals surface area contributed by atoms with Crippen LogP contribution in [-0.4, -0.2) is 20.8 Å². The average molecular weight is 301 g/mol. The van der Waals surface area contributed by atoms with Gasteiger partial charge in [-0.2, -0.15) is 5.26 Å². The molecule has 0 saturated heterocycles. The number of hydrogen-bond acceptors (Lipinski definition) is 5. The molecule has 0 bridgehead atoms. The zero-order chi connectivity index (χ0) is 15.7. The van der Waals surface area contributed by atoms with Crippen molar-refractivity contribution < 1.29 is 9.13 Å². The molecule has 1 fully saturated rings. The maximum atomic E-state index is 13.5. The molecule has 0 atom stereocenters. The quantitative estimate of drug-likeness (QED) is 0.926. The summed E-state index contributed by atoms with van der Waals surface area (Å²) in [7, 11) is 1.87. The van der Waals surface area contributed by atoms with E-state index in [9.17, 15) is 4.39 Å². The molecule has 3 rings (SSSR count). The van der Waals surface area contributed by atoms with Gasteiger partial charge in [-0.15, -0.1) is 10.2 Å². The molecule has 2 aromatic rings. The molecule has 0 unspecified atom stereocenters. The summed E-state index contributed by atoms with van der Waals surface area (Å²) in [6, 6.07) is 6.34. The molecule has 1 aromatic heterocycles. The van der Waals surface area contributed by atoms with E-state index in [-0.39, 0.29) is 24.0 Å². The van der Waals surface area contributed by atoms with E-state index in [2.05, 4.69) is 10.2 Å². The number of hydrogen-bond donors (Lipinski definition) is 1. The van der Waals surface area contributed by atoms with Gasteiger partial charge in [0, 0.05) is 19.0 Å². The van der Waals surface area contributed by atoms with Gasteiger partial charge in [0.1, 0.15) is 35.6 Å². The van der Waals surface area contributed by atoms with Gasteiger partial charge in [0.05, 0.1) is 0 Å². The van der Waals surface area contributed by atoms with Gasteiger partial charge in [0.15, 0.2) is 5.82 Å². The Balaban J connectivity index is 1.73. The molecule has 0 amide bonds. The molecule has 1 heterocycles. The summed E-state index contributed by atoms with van der Waals surface area (Å²) in [5.41, 5.74) is 5.69. The Bertz CT molecular complexity index is 730. The topological polar surface area (TPSA) is 89.8 Å². The first-order valence-electron chi connectivity index (χ1n) is 7.05. The van der Waals surface area contributed by atoms with Gasteiger partial charge >= 0.3 is 0 Å². The summed E-state index contributed by atoms with van der Waals surface area (Å²) in [5.74, 6) is 1.47. The average Bonchev–Trinajstić information content (AvgIpc) is 2.82. The molecule has 1 aliphatic rings. The van der Waals surface area contributed by atoms with E-state index in [0.29, 0.717) is 11.7 Å². The van der Waals surface area contributed by atoms with Crippen LogP contribution >= 0.6 is 0 Å².